The van der Waals surface area contributed by atoms with Gasteiger partial charge in [-0.3, -0.25) is 9.78 Å². The number of nitrogens with two attached hydrogens (primary N) is 1. The summed E-state index contributed by atoms with van der Waals surface area (Å²) in [5.41, 5.74) is 11.4. The molecule has 0 aliphatic carbocycles. The number of pyridine rings is 1. The molecule has 5 heteroatoms. The molecule has 0 bridgehead atoms. The molecule has 28 heavy (non-hydrogen) atoms. The summed E-state index contributed by atoms with van der Waals surface area (Å²) < 4.78 is 0. The van der Waals surface area contributed by atoms with Gasteiger partial charge < -0.3 is 10.6 Å². The Morgan fingerprint density at radius 2 is 1.79 bits per heavy atom. The van der Waals surface area contributed by atoms with Gasteiger partial charge in [0.05, 0.1) is 0 Å². The van der Waals surface area contributed by atoms with Crippen molar-refractivity contribution in [2.75, 3.05) is 11.4 Å². The molecule has 0 radical (unpaired) electrons. The van der Waals surface area contributed by atoms with Crippen LogP contribution in [0.3, 0.4) is 0 Å². The summed E-state index contributed by atoms with van der Waals surface area (Å²) in [7, 11) is 0. The molecule has 4 nitrogen and oxygen atoms in total. The van der Waals surface area contributed by atoms with Crippen LogP contribution >= 0.6 is 12.4 Å². The van der Waals surface area contributed by atoms with E-state index < -0.39 is 6.04 Å². The van der Waals surface area contributed by atoms with Crippen LogP contribution in [0.15, 0.2) is 73.1 Å². The summed E-state index contributed by atoms with van der Waals surface area (Å²) in [4.78, 5) is 19.2. The molecule has 3 rings (SSSR count). The first-order chi connectivity index (χ1) is 13.1. The van der Waals surface area contributed by atoms with Gasteiger partial charge in [-0.1, -0.05) is 42.5 Å². The number of aryl methyl sites for hydroxylation is 2. The molecular formula is C23H26ClN3O. The van der Waals surface area contributed by atoms with Crippen LogP contribution in [-0.4, -0.2) is 17.4 Å². The number of benzene rings is 2. The largest absolute Gasteiger partial charge is 0.316 e. The van der Waals surface area contributed by atoms with Gasteiger partial charge >= 0.3 is 0 Å². The standard InChI is InChI=1S/C23H25N3O.ClH/c1-17-10-11-21(15-18(17)2)26(14-12-19-7-6-13-25-16-19)23(27)22(24)20-8-4-3-5-9-20;/h3-11,13,15-16,22H,12,14,24H2,1-2H3;1H/t22-;/m0./s1. The molecule has 0 spiro atoms. The van der Waals surface area contributed by atoms with E-state index in [-0.39, 0.29) is 18.3 Å². The molecule has 2 aromatic carbocycles. The number of rotatable bonds is 6. The highest BCUT2D eigenvalue weighted by molar-refractivity contribution is 5.97. The minimum absolute atomic E-state index is 0. The van der Waals surface area contributed by atoms with Crippen molar-refractivity contribution in [3.05, 3.63) is 95.3 Å². The molecule has 0 aliphatic rings. The maximum atomic E-state index is 13.2. The SMILES string of the molecule is Cc1ccc(N(CCc2cccnc2)C(=O)[C@@H](N)c2ccccc2)cc1C.Cl. The Hall–Kier alpha value is -2.69. The summed E-state index contributed by atoms with van der Waals surface area (Å²) in [5, 5.41) is 0. The Kier molecular flexibility index (Phi) is 7.73. The van der Waals surface area contributed by atoms with Gasteiger partial charge in [-0.05, 0) is 60.7 Å². The second-order valence-corrected chi connectivity index (χ2v) is 6.76. The molecule has 0 unspecified atom stereocenters. The molecule has 1 atom stereocenters. The highest BCUT2D eigenvalue weighted by atomic mass is 35.5. The fourth-order valence-corrected chi connectivity index (χ4v) is 3.02. The molecule has 0 aliphatic heterocycles. The second kappa shape index (κ2) is 10.0. The normalized spacial score (nSPS) is 11.4. The highest BCUT2D eigenvalue weighted by Gasteiger charge is 2.24. The predicted octanol–water partition coefficient (Wildman–Crippen LogP) is 4.40. The van der Waals surface area contributed by atoms with Crippen LogP contribution in [0.5, 0.6) is 0 Å². The molecule has 1 aromatic heterocycles. The van der Waals surface area contributed by atoms with Gasteiger partial charge in [0, 0.05) is 24.6 Å². The lowest BCUT2D eigenvalue weighted by Gasteiger charge is -2.27. The average Bonchev–Trinajstić information content (AvgIpc) is 2.71. The topological polar surface area (TPSA) is 59.2 Å². The van der Waals surface area contributed by atoms with Crippen molar-refractivity contribution in [1.82, 2.24) is 4.98 Å². The number of amides is 1. The molecule has 3 aromatic rings. The minimum atomic E-state index is -0.693. The highest BCUT2D eigenvalue weighted by Crippen LogP contribution is 2.23. The van der Waals surface area contributed by atoms with Gasteiger partial charge in [-0.2, -0.15) is 0 Å². The fourth-order valence-electron chi connectivity index (χ4n) is 3.02. The fraction of sp³-hybridized carbons (Fsp3) is 0.217. The van der Waals surface area contributed by atoms with Crippen LogP contribution in [0, 0.1) is 13.8 Å². The van der Waals surface area contributed by atoms with Crippen molar-refractivity contribution in [1.29, 1.82) is 0 Å². The Morgan fingerprint density at radius 3 is 2.43 bits per heavy atom. The smallest absolute Gasteiger partial charge is 0.248 e. The maximum Gasteiger partial charge on any atom is 0.248 e. The van der Waals surface area contributed by atoms with Crippen molar-refractivity contribution in [3.63, 3.8) is 0 Å². The van der Waals surface area contributed by atoms with Crippen molar-refractivity contribution < 1.29 is 4.79 Å². The molecular weight excluding hydrogens is 370 g/mol. The van der Waals surface area contributed by atoms with Crippen LogP contribution < -0.4 is 10.6 Å². The third-order valence-corrected chi connectivity index (χ3v) is 4.84. The number of aromatic nitrogens is 1. The van der Waals surface area contributed by atoms with Crippen LogP contribution in [0.25, 0.3) is 0 Å². The Labute approximate surface area is 172 Å². The summed E-state index contributed by atoms with van der Waals surface area (Å²) >= 11 is 0. The molecule has 0 saturated heterocycles. The Morgan fingerprint density at radius 1 is 1.04 bits per heavy atom. The first-order valence-electron chi connectivity index (χ1n) is 9.14. The number of hydrogen-bond acceptors (Lipinski definition) is 3. The van der Waals surface area contributed by atoms with Crippen LogP contribution in [0.4, 0.5) is 5.69 Å². The molecule has 2 N–H and O–H groups in total. The second-order valence-electron chi connectivity index (χ2n) is 6.76. The summed E-state index contributed by atoms with van der Waals surface area (Å²) in [6.07, 6.45) is 4.30. The first kappa shape index (κ1) is 21.6. The average molecular weight is 396 g/mol. The van der Waals surface area contributed by atoms with Crippen molar-refractivity contribution in [2.45, 2.75) is 26.3 Å². The van der Waals surface area contributed by atoms with E-state index >= 15 is 0 Å². The van der Waals surface area contributed by atoms with Crippen LogP contribution in [-0.2, 0) is 11.2 Å². The number of carbonyl (C=O) groups is 1. The van der Waals surface area contributed by atoms with Gasteiger partial charge in [0.2, 0.25) is 5.91 Å². The van der Waals surface area contributed by atoms with Crippen molar-refractivity contribution in [2.24, 2.45) is 5.73 Å². The zero-order chi connectivity index (χ0) is 19.2. The van der Waals surface area contributed by atoms with Crippen LogP contribution in [0.1, 0.15) is 28.3 Å². The number of halogens is 1. The lowest BCUT2D eigenvalue weighted by molar-refractivity contribution is -0.120. The lowest BCUT2D eigenvalue weighted by atomic mass is 10.0. The van der Waals surface area contributed by atoms with Crippen molar-refractivity contribution >= 4 is 24.0 Å². The summed E-state index contributed by atoms with van der Waals surface area (Å²) in [6, 6.07) is 18.8. The molecule has 0 fully saturated rings. The van der Waals surface area contributed by atoms with E-state index in [1.54, 1.807) is 11.1 Å². The molecule has 1 amide bonds. The molecule has 146 valence electrons. The van der Waals surface area contributed by atoms with Gasteiger partial charge in [0.1, 0.15) is 6.04 Å². The van der Waals surface area contributed by atoms with Gasteiger partial charge in [0.15, 0.2) is 0 Å². The van der Waals surface area contributed by atoms with E-state index in [1.807, 2.05) is 66.9 Å². The van der Waals surface area contributed by atoms with Gasteiger partial charge in [-0.15, -0.1) is 12.4 Å². The van der Waals surface area contributed by atoms with Gasteiger partial charge in [-0.25, -0.2) is 0 Å². The van der Waals surface area contributed by atoms with Gasteiger partial charge in [0.25, 0.3) is 0 Å². The Balaban J connectivity index is 0.00000280. The lowest BCUT2D eigenvalue weighted by Crippen LogP contribution is -2.40. The van der Waals surface area contributed by atoms with E-state index in [2.05, 4.69) is 18.8 Å². The number of carbonyl (C=O) groups excluding carboxylic acids is 1. The maximum absolute atomic E-state index is 13.2. The number of hydrogen-bond donors (Lipinski definition) is 1. The molecule has 0 saturated carbocycles. The third-order valence-electron chi connectivity index (χ3n) is 4.84. The monoisotopic (exact) mass is 395 g/mol. The van der Waals surface area contributed by atoms with E-state index in [4.69, 9.17) is 5.73 Å². The van der Waals surface area contributed by atoms with E-state index in [1.165, 1.54) is 5.56 Å². The van der Waals surface area contributed by atoms with E-state index in [0.29, 0.717) is 13.0 Å². The molecule has 1 heterocycles. The van der Waals surface area contributed by atoms with E-state index in [9.17, 15) is 4.79 Å². The quantitative estimate of drug-likeness (QED) is 0.673. The minimum Gasteiger partial charge on any atom is -0.316 e. The zero-order valence-electron chi connectivity index (χ0n) is 16.2. The predicted molar refractivity (Wildman–Crippen MR) is 117 cm³/mol. The van der Waals surface area contributed by atoms with E-state index in [0.717, 1.165) is 22.4 Å². The number of nitrogens with zero attached hydrogens (tertiary/aromatic N) is 2. The number of anilines is 1. The Bertz CT molecular complexity index is 900. The first-order valence-corrected chi connectivity index (χ1v) is 9.14. The van der Waals surface area contributed by atoms with Crippen LogP contribution in [0.2, 0.25) is 0 Å². The summed E-state index contributed by atoms with van der Waals surface area (Å²) in [5.74, 6) is -0.103. The third kappa shape index (κ3) is 5.18. The summed E-state index contributed by atoms with van der Waals surface area (Å²) in [6.45, 7) is 4.67. The van der Waals surface area contributed by atoms with Crippen molar-refractivity contribution in [3.8, 4) is 0 Å². The zero-order valence-corrected chi connectivity index (χ0v) is 17.0.